The number of aliphatic hydroxyl groups is 2. The molecule has 0 spiro atoms. The predicted molar refractivity (Wildman–Crippen MR) is 147 cm³/mol. The minimum atomic E-state index is -1.28. The van der Waals surface area contributed by atoms with E-state index in [0.29, 0.717) is 37.4 Å². The first-order chi connectivity index (χ1) is 18.1. The van der Waals surface area contributed by atoms with E-state index in [4.69, 9.17) is 15.6 Å². The van der Waals surface area contributed by atoms with Crippen LogP contribution in [0.1, 0.15) is 56.2 Å². The summed E-state index contributed by atoms with van der Waals surface area (Å²) in [6.45, 7) is 8.24. The fourth-order valence-corrected chi connectivity index (χ4v) is 4.66. The minimum absolute atomic E-state index is 0.0541. The SMILES string of the molecule is CCNC(=O)C(=N)N(C(=N)c1cc(C(C)C)c(OC)cc1O)c1ccc(CN2CCC(C(O)O)CC2)cc1. The van der Waals surface area contributed by atoms with Crippen molar-refractivity contribution in [2.75, 3.05) is 31.6 Å². The van der Waals surface area contributed by atoms with E-state index in [9.17, 15) is 20.1 Å². The van der Waals surface area contributed by atoms with Crippen LogP contribution in [0.4, 0.5) is 5.69 Å². The van der Waals surface area contributed by atoms with Gasteiger partial charge in [-0.25, -0.2) is 0 Å². The zero-order chi connectivity index (χ0) is 28.0. The van der Waals surface area contributed by atoms with Crippen molar-refractivity contribution in [3.05, 3.63) is 53.1 Å². The van der Waals surface area contributed by atoms with Gasteiger partial charge in [0.25, 0.3) is 5.91 Å². The third-order valence-corrected chi connectivity index (χ3v) is 6.88. The van der Waals surface area contributed by atoms with Crippen molar-refractivity contribution in [2.45, 2.75) is 52.4 Å². The summed E-state index contributed by atoms with van der Waals surface area (Å²) in [5.74, 6) is -1.000. The fraction of sp³-hybridized carbons (Fsp3) is 0.464. The predicted octanol–water partition coefficient (Wildman–Crippen LogP) is 2.99. The summed E-state index contributed by atoms with van der Waals surface area (Å²) in [4.78, 5) is 16.1. The number of piperidine rings is 1. The number of nitrogens with one attached hydrogen (secondary N) is 3. The molecule has 0 aromatic heterocycles. The molecule has 0 aliphatic carbocycles. The van der Waals surface area contributed by atoms with E-state index >= 15 is 0 Å². The smallest absolute Gasteiger partial charge is 0.287 e. The number of carbonyl (C=O) groups is 1. The van der Waals surface area contributed by atoms with Crippen LogP contribution in [0.2, 0.25) is 0 Å². The lowest BCUT2D eigenvalue weighted by Gasteiger charge is -2.32. The Balaban J connectivity index is 1.90. The zero-order valence-electron chi connectivity index (χ0n) is 22.5. The number of carbonyl (C=O) groups excluding carboxylic acids is 1. The number of hydrogen-bond acceptors (Lipinski definition) is 8. The lowest BCUT2D eigenvalue weighted by molar-refractivity contribution is -0.114. The van der Waals surface area contributed by atoms with Crippen molar-refractivity contribution in [2.24, 2.45) is 5.92 Å². The molecule has 1 heterocycles. The van der Waals surface area contributed by atoms with Crippen molar-refractivity contribution in [3.63, 3.8) is 0 Å². The minimum Gasteiger partial charge on any atom is -0.507 e. The number of hydrogen-bond donors (Lipinski definition) is 6. The van der Waals surface area contributed by atoms with Crippen LogP contribution in [0.15, 0.2) is 36.4 Å². The lowest BCUT2D eigenvalue weighted by atomic mass is 9.96. The molecular formula is C28H39N5O5. The molecule has 0 bridgehead atoms. The van der Waals surface area contributed by atoms with Crippen LogP contribution < -0.4 is 15.0 Å². The van der Waals surface area contributed by atoms with Crippen molar-refractivity contribution >= 4 is 23.3 Å². The molecule has 6 N–H and O–H groups in total. The number of ether oxygens (including phenoxy) is 1. The molecule has 0 unspecified atom stereocenters. The average molecular weight is 526 g/mol. The molecular weight excluding hydrogens is 486 g/mol. The van der Waals surface area contributed by atoms with Crippen LogP contribution in [0.5, 0.6) is 11.5 Å². The second-order valence-electron chi connectivity index (χ2n) is 9.85. The molecule has 1 amide bonds. The van der Waals surface area contributed by atoms with Gasteiger partial charge in [0.2, 0.25) is 0 Å². The van der Waals surface area contributed by atoms with Crippen LogP contribution >= 0.6 is 0 Å². The third kappa shape index (κ3) is 6.69. The first-order valence-corrected chi connectivity index (χ1v) is 12.9. The second kappa shape index (κ2) is 12.9. The third-order valence-electron chi connectivity index (χ3n) is 6.88. The van der Waals surface area contributed by atoms with Gasteiger partial charge in [-0.1, -0.05) is 26.0 Å². The summed E-state index contributed by atoms with van der Waals surface area (Å²) >= 11 is 0. The quantitative estimate of drug-likeness (QED) is 0.176. The molecule has 10 nitrogen and oxygen atoms in total. The largest absolute Gasteiger partial charge is 0.507 e. The normalized spacial score (nSPS) is 14.5. The number of aliphatic hydroxyl groups excluding tert-OH is 1. The van der Waals surface area contributed by atoms with Gasteiger partial charge in [0.05, 0.1) is 12.7 Å². The zero-order valence-corrected chi connectivity index (χ0v) is 22.5. The van der Waals surface area contributed by atoms with E-state index in [1.807, 2.05) is 26.0 Å². The van der Waals surface area contributed by atoms with Gasteiger partial charge in [0.1, 0.15) is 17.3 Å². The molecule has 38 heavy (non-hydrogen) atoms. The summed E-state index contributed by atoms with van der Waals surface area (Å²) in [7, 11) is 1.52. The first kappa shape index (κ1) is 29.1. The van der Waals surface area contributed by atoms with Gasteiger partial charge in [-0.05, 0) is 68.1 Å². The van der Waals surface area contributed by atoms with E-state index < -0.39 is 18.0 Å². The molecule has 0 saturated carbocycles. The number of likely N-dealkylation sites (N-methyl/N-ethyl adjacent to an activating group) is 1. The molecule has 1 saturated heterocycles. The molecule has 3 rings (SSSR count). The van der Waals surface area contributed by atoms with Crippen molar-refractivity contribution in [3.8, 4) is 11.5 Å². The highest BCUT2D eigenvalue weighted by atomic mass is 16.5. The summed E-state index contributed by atoms with van der Waals surface area (Å²) < 4.78 is 5.40. The van der Waals surface area contributed by atoms with Crippen LogP contribution in [0.25, 0.3) is 0 Å². The van der Waals surface area contributed by atoms with Gasteiger partial charge < -0.3 is 25.4 Å². The molecule has 2 aromatic rings. The molecule has 1 aliphatic heterocycles. The Morgan fingerprint density at radius 3 is 2.32 bits per heavy atom. The molecule has 1 aliphatic rings. The number of phenols is 1. The number of anilines is 1. The summed E-state index contributed by atoms with van der Waals surface area (Å²) in [5, 5.41) is 49.7. The number of aromatic hydroxyl groups is 1. The molecule has 206 valence electrons. The van der Waals surface area contributed by atoms with E-state index in [0.717, 1.165) is 24.2 Å². The Labute approximate surface area is 223 Å². The molecule has 1 fully saturated rings. The van der Waals surface area contributed by atoms with E-state index in [1.165, 1.54) is 18.1 Å². The Bertz CT molecular complexity index is 1140. The van der Waals surface area contributed by atoms with Crippen LogP contribution in [-0.4, -0.2) is 70.8 Å². The van der Waals surface area contributed by atoms with E-state index in [2.05, 4.69) is 10.2 Å². The van der Waals surface area contributed by atoms with Crippen LogP contribution in [0.3, 0.4) is 0 Å². The number of amidine groups is 2. The standard InChI is InChI=1S/C28H39N5O5/c1-5-31-27(35)26(30)33(25(29)22-14-21(17(2)3)24(38-4)15-23(22)34)20-8-6-18(7-9-20)16-32-12-10-19(11-13-32)28(36)37/h6-9,14-15,17,19,28-30,34,36-37H,5,10-13,16H2,1-4H3,(H,31,35). The highest BCUT2D eigenvalue weighted by molar-refractivity contribution is 6.48. The number of amides is 1. The number of likely N-dealkylation sites (tertiary alicyclic amines) is 1. The topological polar surface area (TPSA) is 153 Å². The number of rotatable bonds is 8. The average Bonchev–Trinajstić information content (AvgIpc) is 2.89. The maximum atomic E-state index is 12.7. The first-order valence-electron chi connectivity index (χ1n) is 12.9. The maximum Gasteiger partial charge on any atom is 0.287 e. The lowest BCUT2D eigenvalue weighted by Crippen LogP contribution is -2.46. The van der Waals surface area contributed by atoms with Gasteiger partial charge in [0, 0.05) is 30.8 Å². The van der Waals surface area contributed by atoms with Gasteiger partial charge in [-0.2, -0.15) is 0 Å². The summed E-state index contributed by atoms with van der Waals surface area (Å²) in [5.41, 5.74) is 2.43. The summed E-state index contributed by atoms with van der Waals surface area (Å²) in [6.07, 6.45) is 0.155. The van der Waals surface area contributed by atoms with E-state index in [-0.39, 0.29) is 29.0 Å². The van der Waals surface area contributed by atoms with Gasteiger partial charge in [0.15, 0.2) is 12.1 Å². The maximum absolute atomic E-state index is 12.7. The van der Waals surface area contributed by atoms with Crippen molar-refractivity contribution in [1.82, 2.24) is 10.2 Å². The van der Waals surface area contributed by atoms with Gasteiger partial charge >= 0.3 is 0 Å². The van der Waals surface area contributed by atoms with Gasteiger partial charge in [-0.3, -0.25) is 25.4 Å². The number of benzene rings is 2. The molecule has 10 heteroatoms. The number of phenolic OH excluding ortho intramolecular Hbond substituents is 1. The highest BCUT2D eigenvalue weighted by Gasteiger charge is 2.28. The Morgan fingerprint density at radius 2 is 1.79 bits per heavy atom. The Kier molecular flexibility index (Phi) is 9.84. The fourth-order valence-electron chi connectivity index (χ4n) is 4.66. The second-order valence-corrected chi connectivity index (χ2v) is 9.85. The molecule has 0 radical (unpaired) electrons. The van der Waals surface area contributed by atoms with Crippen molar-refractivity contribution in [1.29, 1.82) is 10.8 Å². The summed E-state index contributed by atoms with van der Waals surface area (Å²) in [6, 6.07) is 10.4. The van der Waals surface area contributed by atoms with Crippen LogP contribution in [-0.2, 0) is 11.3 Å². The Hall–Kier alpha value is -3.47. The van der Waals surface area contributed by atoms with Gasteiger partial charge in [-0.15, -0.1) is 0 Å². The monoisotopic (exact) mass is 525 g/mol. The van der Waals surface area contributed by atoms with Crippen molar-refractivity contribution < 1.29 is 24.9 Å². The van der Waals surface area contributed by atoms with Crippen LogP contribution in [0, 0.1) is 16.7 Å². The molecule has 2 aromatic carbocycles. The number of methoxy groups -OCH3 is 1. The molecule has 0 atom stereocenters. The number of nitrogens with zero attached hydrogens (tertiary/aromatic N) is 2. The Morgan fingerprint density at radius 1 is 1.16 bits per heavy atom. The van der Waals surface area contributed by atoms with E-state index in [1.54, 1.807) is 25.1 Å². The highest BCUT2D eigenvalue weighted by Crippen LogP contribution is 2.34.